The molecule has 0 saturated carbocycles. The van der Waals surface area contributed by atoms with Crippen molar-refractivity contribution >= 4 is 21.7 Å². The van der Waals surface area contributed by atoms with Crippen LogP contribution in [0.1, 0.15) is 17.0 Å². The normalized spacial score (nSPS) is 10.8. The molecule has 0 aliphatic rings. The third-order valence-corrected chi connectivity index (χ3v) is 2.95. The molecule has 2 aromatic heterocycles. The van der Waals surface area contributed by atoms with Crippen LogP contribution >= 0.6 is 15.9 Å². The van der Waals surface area contributed by atoms with E-state index in [1.165, 1.54) is 0 Å². The molecule has 2 N–H and O–H groups in total. The van der Waals surface area contributed by atoms with E-state index in [9.17, 15) is 0 Å². The van der Waals surface area contributed by atoms with Gasteiger partial charge in [0.05, 0.1) is 5.69 Å². The second kappa shape index (κ2) is 3.86. The Labute approximate surface area is 102 Å². The van der Waals surface area contributed by atoms with Gasteiger partial charge >= 0.3 is 0 Å². The largest absolute Gasteiger partial charge is 0.383 e. The lowest BCUT2D eigenvalue weighted by atomic mass is 10.2. The summed E-state index contributed by atoms with van der Waals surface area (Å²) in [6.07, 6.45) is 0. The molecule has 0 radical (unpaired) electrons. The Kier molecular flexibility index (Phi) is 2.67. The summed E-state index contributed by atoms with van der Waals surface area (Å²) in [6.45, 7) is 5.96. The molecule has 0 bridgehead atoms. The van der Waals surface area contributed by atoms with Crippen LogP contribution in [-0.2, 0) is 0 Å². The third-order valence-electron chi connectivity index (χ3n) is 2.55. The molecule has 84 valence electrons. The minimum Gasteiger partial charge on any atom is -0.383 e. The Bertz CT molecular complexity index is 526. The SMILES string of the molecule is Cc1nn(-c2nc(N)cc(Br)n2)c(C)c1C. The highest BCUT2D eigenvalue weighted by molar-refractivity contribution is 9.10. The molecule has 0 aliphatic carbocycles. The maximum atomic E-state index is 5.67. The fourth-order valence-corrected chi connectivity index (χ4v) is 1.83. The van der Waals surface area contributed by atoms with Gasteiger partial charge in [-0.25, -0.2) is 9.67 Å². The molecule has 2 heterocycles. The van der Waals surface area contributed by atoms with Crippen molar-refractivity contribution in [1.29, 1.82) is 0 Å². The van der Waals surface area contributed by atoms with Gasteiger partial charge in [-0.05, 0) is 42.3 Å². The number of nitrogens with two attached hydrogens (primary N) is 1. The monoisotopic (exact) mass is 281 g/mol. The zero-order valence-corrected chi connectivity index (χ0v) is 10.9. The quantitative estimate of drug-likeness (QED) is 0.811. The highest BCUT2D eigenvalue weighted by atomic mass is 79.9. The van der Waals surface area contributed by atoms with Crippen molar-refractivity contribution in [3.8, 4) is 5.95 Å². The molecular formula is C10H12BrN5. The van der Waals surface area contributed by atoms with E-state index in [4.69, 9.17) is 5.73 Å². The summed E-state index contributed by atoms with van der Waals surface area (Å²) < 4.78 is 2.35. The molecule has 5 nitrogen and oxygen atoms in total. The van der Waals surface area contributed by atoms with Crippen LogP contribution in [0.15, 0.2) is 10.7 Å². The first-order chi connectivity index (χ1) is 7.49. The van der Waals surface area contributed by atoms with Crippen LogP contribution in [0.2, 0.25) is 0 Å². The van der Waals surface area contributed by atoms with Crippen molar-refractivity contribution < 1.29 is 0 Å². The van der Waals surface area contributed by atoms with Gasteiger partial charge in [0.15, 0.2) is 0 Å². The van der Waals surface area contributed by atoms with Crippen LogP contribution in [0.3, 0.4) is 0 Å². The second-order valence-corrected chi connectivity index (χ2v) is 4.44. The van der Waals surface area contributed by atoms with Crippen molar-refractivity contribution in [3.63, 3.8) is 0 Å². The van der Waals surface area contributed by atoms with Crippen LogP contribution < -0.4 is 5.73 Å². The number of aryl methyl sites for hydroxylation is 1. The van der Waals surface area contributed by atoms with E-state index in [0.717, 1.165) is 17.0 Å². The molecule has 0 atom stereocenters. The summed E-state index contributed by atoms with van der Waals surface area (Å²) in [5, 5.41) is 4.38. The maximum absolute atomic E-state index is 5.67. The van der Waals surface area contributed by atoms with Gasteiger partial charge in [-0.15, -0.1) is 0 Å². The van der Waals surface area contributed by atoms with Gasteiger partial charge in [-0.2, -0.15) is 10.1 Å². The van der Waals surface area contributed by atoms with Crippen molar-refractivity contribution in [2.24, 2.45) is 0 Å². The molecule has 0 fully saturated rings. The van der Waals surface area contributed by atoms with Crippen LogP contribution in [0, 0.1) is 20.8 Å². The molecule has 2 aromatic rings. The van der Waals surface area contributed by atoms with Crippen LogP contribution in [-0.4, -0.2) is 19.7 Å². The van der Waals surface area contributed by atoms with Gasteiger partial charge in [0.2, 0.25) is 0 Å². The summed E-state index contributed by atoms with van der Waals surface area (Å²) in [4.78, 5) is 8.40. The first-order valence-electron chi connectivity index (χ1n) is 4.82. The minimum absolute atomic E-state index is 0.419. The topological polar surface area (TPSA) is 69.6 Å². The minimum atomic E-state index is 0.419. The zero-order valence-electron chi connectivity index (χ0n) is 9.32. The van der Waals surface area contributed by atoms with E-state index < -0.39 is 0 Å². The van der Waals surface area contributed by atoms with E-state index >= 15 is 0 Å². The molecule has 0 aliphatic heterocycles. The average Bonchev–Trinajstić information content (AvgIpc) is 2.44. The van der Waals surface area contributed by atoms with Gasteiger partial charge in [0.1, 0.15) is 10.4 Å². The summed E-state index contributed by atoms with van der Waals surface area (Å²) in [7, 11) is 0. The Hall–Kier alpha value is -1.43. The average molecular weight is 282 g/mol. The number of anilines is 1. The number of halogens is 1. The second-order valence-electron chi connectivity index (χ2n) is 3.62. The Morgan fingerprint density at radius 1 is 1.25 bits per heavy atom. The molecular weight excluding hydrogens is 270 g/mol. The lowest BCUT2D eigenvalue weighted by Crippen LogP contribution is -2.07. The Morgan fingerprint density at radius 3 is 2.44 bits per heavy atom. The van der Waals surface area contributed by atoms with Crippen LogP contribution in [0.4, 0.5) is 5.82 Å². The lowest BCUT2D eigenvalue weighted by Gasteiger charge is -2.03. The zero-order chi connectivity index (χ0) is 11.9. The standard InChI is InChI=1S/C10H12BrN5/c1-5-6(2)15-16(7(5)3)10-13-8(11)4-9(12)14-10/h4H,1-3H3,(H2,12,13,14). The predicted molar refractivity (Wildman–Crippen MR) is 65.5 cm³/mol. The van der Waals surface area contributed by atoms with Gasteiger partial charge in [0.25, 0.3) is 5.95 Å². The smallest absolute Gasteiger partial charge is 0.253 e. The highest BCUT2D eigenvalue weighted by Crippen LogP contribution is 2.17. The van der Waals surface area contributed by atoms with Crippen molar-refractivity contribution in [2.45, 2.75) is 20.8 Å². The van der Waals surface area contributed by atoms with E-state index in [0.29, 0.717) is 16.4 Å². The number of aromatic nitrogens is 4. The molecule has 0 unspecified atom stereocenters. The molecule has 0 amide bonds. The predicted octanol–water partition coefficient (Wildman–Crippen LogP) is 1.93. The van der Waals surface area contributed by atoms with E-state index in [1.807, 2.05) is 20.8 Å². The lowest BCUT2D eigenvalue weighted by molar-refractivity contribution is 0.772. The highest BCUT2D eigenvalue weighted by Gasteiger charge is 2.11. The summed E-state index contributed by atoms with van der Waals surface area (Å²) in [5.74, 6) is 0.905. The molecule has 0 aromatic carbocycles. The Balaban J connectivity index is 2.62. The fourth-order valence-electron chi connectivity index (χ4n) is 1.43. The fraction of sp³-hybridized carbons (Fsp3) is 0.300. The van der Waals surface area contributed by atoms with E-state index in [1.54, 1.807) is 10.7 Å². The third kappa shape index (κ3) is 1.80. The first kappa shape index (κ1) is 11.1. The van der Waals surface area contributed by atoms with Crippen molar-refractivity contribution in [1.82, 2.24) is 19.7 Å². The van der Waals surface area contributed by atoms with Crippen LogP contribution in [0.5, 0.6) is 0 Å². The number of rotatable bonds is 1. The van der Waals surface area contributed by atoms with Crippen molar-refractivity contribution in [2.75, 3.05) is 5.73 Å². The maximum Gasteiger partial charge on any atom is 0.253 e. The Morgan fingerprint density at radius 2 is 1.94 bits per heavy atom. The molecule has 16 heavy (non-hydrogen) atoms. The molecule has 0 saturated heterocycles. The van der Waals surface area contributed by atoms with Gasteiger partial charge in [-0.1, -0.05) is 0 Å². The summed E-state index contributed by atoms with van der Waals surface area (Å²) >= 11 is 3.29. The molecule has 2 rings (SSSR count). The van der Waals surface area contributed by atoms with Gasteiger partial charge in [0, 0.05) is 11.8 Å². The summed E-state index contributed by atoms with van der Waals surface area (Å²) in [6, 6.07) is 1.65. The number of nitrogens with zero attached hydrogens (tertiary/aromatic N) is 4. The summed E-state index contributed by atoms with van der Waals surface area (Å²) in [5.41, 5.74) is 8.81. The van der Waals surface area contributed by atoms with Gasteiger partial charge < -0.3 is 5.73 Å². The van der Waals surface area contributed by atoms with Crippen molar-refractivity contribution in [3.05, 3.63) is 27.6 Å². The first-order valence-corrected chi connectivity index (χ1v) is 5.61. The molecule has 6 heteroatoms. The molecule has 0 spiro atoms. The van der Waals surface area contributed by atoms with E-state index in [2.05, 4.69) is 31.0 Å². The van der Waals surface area contributed by atoms with Gasteiger partial charge in [-0.3, -0.25) is 0 Å². The number of hydrogen-bond donors (Lipinski definition) is 1. The van der Waals surface area contributed by atoms with E-state index in [-0.39, 0.29) is 0 Å². The number of hydrogen-bond acceptors (Lipinski definition) is 4. The van der Waals surface area contributed by atoms with Crippen LogP contribution in [0.25, 0.3) is 5.95 Å². The number of nitrogen functional groups attached to an aromatic ring is 1.